The van der Waals surface area contributed by atoms with Crippen LogP contribution >= 0.6 is 0 Å². The highest BCUT2D eigenvalue weighted by Crippen LogP contribution is 2.54. The van der Waals surface area contributed by atoms with Crippen molar-refractivity contribution in [3.8, 4) is 56.4 Å². The quantitative estimate of drug-likeness (QED) is 0.149. The SMILES string of the molecule is Cc1cc(C)cc(-c2cc3c4c(c2)Oc2cc5c(cc2B4c2cc4c(cc2O3)-c2ccc(N(C3=CC=CCC3C)C3C=CC=CC3)cc2C4(C)C)C(C)(C)c2cc(N(C3C=CC=CC3)C3C=CC=CC3C)ccc2-5)c1. The molecule has 0 fully saturated rings. The molecule has 370 valence electrons. The second kappa shape index (κ2) is 17.0. The van der Waals surface area contributed by atoms with E-state index in [1.54, 1.807) is 0 Å². The lowest BCUT2D eigenvalue weighted by Crippen LogP contribution is -2.57. The predicted molar refractivity (Wildman–Crippen MR) is 315 cm³/mol. The van der Waals surface area contributed by atoms with Gasteiger partial charge in [-0.3, -0.25) is 0 Å². The summed E-state index contributed by atoms with van der Waals surface area (Å²) < 4.78 is 14.6. The lowest BCUT2D eigenvalue weighted by atomic mass is 9.34. The van der Waals surface area contributed by atoms with Crippen LogP contribution in [0, 0.1) is 25.7 Å². The summed E-state index contributed by atoms with van der Waals surface area (Å²) in [7, 11) is 0. The second-order valence-corrected chi connectivity index (χ2v) is 23.8. The zero-order valence-electron chi connectivity index (χ0n) is 44.6. The Morgan fingerprint density at radius 3 is 1.61 bits per heavy atom. The minimum Gasteiger partial charge on any atom is -0.458 e. The Morgan fingerprint density at radius 2 is 1.03 bits per heavy atom. The standard InChI is InChI=1S/C70H65BN2O2/c1-42-31-43(2)33-46(32-42)47-34-66-68-67(35-47)75-65-39-55-53-30-28-51(73(49-23-13-10-14-24-49)63-26-18-16-20-45(63)4)37-57(53)70(7,8)59(55)41-61(65)71(68)60-40-58-54(38-64(60)74-66)52-29-27-50(36-56(52)69(58,5)6)72(48-21-11-9-12-22-48)62-25-17-15-19-44(62)3/h9-19,21,23,25-41,44-45,48-49,62H,20,22,24H2,1-8H3. The van der Waals surface area contributed by atoms with Gasteiger partial charge in [0.25, 0.3) is 6.71 Å². The van der Waals surface area contributed by atoms with Gasteiger partial charge in [-0.05, 0) is 166 Å². The van der Waals surface area contributed by atoms with Crippen molar-refractivity contribution in [2.75, 3.05) is 9.80 Å². The highest BCUT2D eigenvalue weighted by molar-refractivity contribution is 6.98. The van der Waals surface area contributed by atoms with E-state index < -0.39 is 0 Å². The number of nitrogens with zero attached hydrogens (tertiary/aromatic N) is 2. The number of allylic oxidation sites excluding steroid dienone is 10. The van der Waals surface area contributed by atoms with Crippen molar-refractivity contribution in [2.24, 2.45) is 11.8 Å². The molecule has 6 aromatic rings. The fraction of sp³-hybridized carbons (Fsp3) is 0.257. The van der Waals surface area contributed by atoms with Gasteiger partial charge in [0, 0.05) is 33.4 Å². The molecule has 8 aliphatic rings. The summed E-state index contributed by atoms with van der Waals surface area (Å²) in [4.78, 5) is 5.27. The van der Waals surface area contributed by atoms with Crippen LogP contribution in [0.3, 0.4) is 0 Å². The average molecular weight is 977 g/mol. The number of ether oxygens (including phenoxy) is 2. The molecule has 0 radical (unpaired) electrons. The van der Waals surface area contributed by atoms with Crippen LogP contribution in [-0.4, -0.2) is 24.8 Å². The maximum absolute atomic E-state index is 7.29. The van der Waals surface area contributed by atoms with Gasteiger partial charge in [0.15, 0.2) is 0 Å². The highest BCUT2D eigenvalue weighted by Gasteiger charge is 2.47. The Morgan fingerprint density at radius 1 is 0.493 bits per heavy atom. The monoisotopic (exact) mass is 977 g/mol. The molecule has 4 nitrogen and oxygen atoms in total. The third-order valence-electron chi connectivity index (χ3n) is 18.1. The molecule has 0 N–H and O–H groups in total. The van der Waals surface area contributed by atoms with Gasteiger partial charge in [0.05, 0.1) is 18.1 Å². The molecule has 6 aromatic carbocycles. The molecule has 0 saturated carbocycles. The van der Waals surface area contributed by atoms with Crippen LogP contribution in [0.25, 0.3) is 33.4 Å². The van der Waals surface area contributed by atoms with E-state index in [1.165, 1.54) is 89.2 Å². The molecule has 5 heteroatoms. The average Bonchev–Trinajstić information content (AvgIpc) is 3.85. The Kier molecular flexibility index (Phi) is 10.5. The van der Waals surface area contributed by atoms with Crippen molar-refractivity contribution in [3.63, 3.8) is 0 Å². The molecular weight excluding hydrogens is 912 g/mol. The Labute approximate surface area is 444 Å². The van der Waals surface area contributed by atoms with Crippen LogP contribution in [0.1, 0.15) is 94.2 Å². The Balaban J connectivity index is 0.911. The molecule has 14 rings (SSSR count). The van der Waals surface area contributed by atoms with Gasteiger partial charge in [0.2, 0.25) is 0 Å². The van der Waals surface area contributed by atoms with Crippen molar-refractivity contribution < 1.29 is 9.47 Å². The van der Waals surface area contributed by atoms with Crippen molar-refractivity contribution in [1.29, 1.82) is 0 Å². The van der Waals surface area contributed by atoms with Crippen molar-refractivity contribution in [1.82, 2.24) is 0 Å². The number of fused-ring (bicyclic) bond motifs is 10. The molecule has 6 aliphatic carbocycles. The van der Waals surface area contributed by atoms with Gasteiger partial charge in [-0.1, -0.05) is 180 Å². The number of benzene rings is 6. The van der Waals surface area contributed by atoms with Gasteiger partial charge in [0.1, 0.15) is 23.0 Å². The van der Waals surface area contributed by atoms with E-state index in [0.717, 1.165) is 53.3 Å². The van der Waals surface area contributed by atoms with E-state index in [9.17, 15) is 0 Å². The van der Waals surface area contributed by atoms with Gasteiger partial charge in [-0.2, -0.15) is 0 Å². The van der Waals surface area contributed by atoms with E-state index >= 15 is 0 Å². The molecular formula is C70H65BN2O2. The summed E-state index contributed by atoms with van der Waals surface area (Å²) >= 11 is 0. The summed E-state index contributed by atoms with van der Waals surface area (Å²) in [5.74, 6) is 4.39. The summed E-state index contributed by atoms with van der Waals surface area (Å²) in [5, 5.41) is 0. The molecule has 5 unspecified atom stereocenters. The maximum Gasteiger partial charge on any atom is 0.260 e. The van der Waals surface area contributed by atoms with Gasteiger partial charge < -0.3 is 19.3 Å². The first-order valence-electron chi connectivity index (χ1n) is 27.6. The number of hydrogen-bond donors (Lipinski definition) is 0. The first-order chi connectivity index (χ1) is 36.3. The third-order valence-corrected chi connectivity index (χ3v) is 18.1. The topological polar surface area (TPSA) is 24.9 Å². The van der Waals surface area contributed by atoms with Crippen LogP contribution in [0.4, 0.5) is 11.4 Å². The molecule has 5 atom stereocenters. The zero-order chi connectivity index (χ0) is 51.1. The fourth-order valence-corrected chi connectivity index (χ4v) is 14.3. The molecule has 0 spiro atoms. The van der Waals surface area contributed by atoms with Gasteiger partial charge in [-0.25, -0.2) is 0 Å². The summed E-state index contributed by atoms with van der Waals surface area (Å²) in [6, 6.07) is 36.4. The second-order valence-electron chi connectivity index (χ2n) is 23.8. The molecule has 75 heavy (non-hydrogen) atoms. The first kappa shape index (κ1) is 46.1. The highest BCUT2D eigenvalue weighted by atomic mass is 16.5. The largest absolute Gasteiger partial charge is 0.458 e. The summed E-state index contributed by atoms with van der Waals surface area (Å²) in [5.41, 5.74) is 22.1. The number of anilines is 2. The third kappa shape index (κ3) is 7.17. The van der Waals surface area contributed by atoms with Crippen LogP contribution in [0.15, 0.2) is 188 Å². The van der Waals surface area contributed by atoms with Crippen LogP contribution < -0.4 is 35.7 Å². The molecule has 2 heterocycles. The summed E-state index contributed by atoms with van der Waals surface area (Å²) in [6.07, 6.45) is 37.2. The van der Waals surface area contributed by atoms with E-state index in [2.05, 4.69) is 247 Å². The molecule has 0 aromatic heterocycles. The Bertz CT molecular complexity index is 3680. The minimum absolute atomic E-state index is 0.0970. The summed E-state index contributed by atoms with van der Waals surface area (Å²) in [6.45, 7) is 18.7. The van der Waals surface area contributed by atoms with Crippen molar-refractivity contribution in [2.45, 2.75) is 104 Å². The molecule has 2 aliphatic heterocycles. The number of hydrogen-bond acceptors (Lipinski definition) is 4. The van der Waals surface area contributed by atoms with E-state index in [1.807, 2.05) is 0 Å². The van der Waals surface area contributed by atoms with E-state index in [0.29, 0.717) is 11.8 Å². The van der Waals surface area contributed by atoms with Gasteiger partial charge >= 0.3 is 0 Å². The number of aryl methyl sites for hydroxylation is 2. The van der Waals surface area contributed by atoms with Crippen LogP contribution in [0.2, 0.25) is 0 Å². The molecule has 0 saturated heterocycles. The maximum atomic E-state index is 7.29. The zero-order valence-corrected chi connectivity index (χ0v) is 44.6. The van der Waals surface area contributed by atoms with Crippen molar-refractivity contribution >= 4 is 34.5 Å². The fourth-order valence-electron chi connectivity index (χ4n) is 14.3. The van der Waals surface area contributed by atoms with E-state index in [-0.39, 0.29) is 35.7 Å². The Hall–Kier alpha value is -7.50. The molecule has 0 amide bonds. The lowest BCUT2D eigenvalue weighted by molar-refractivity contribution is 0.464. The van der Waals surface area contributed by atoms with Crippen LogP contribution in [-0.2, 0) is 10.8 Å². The lowest BCUT2D eigenvalue weighted by Gasteiger charge is -2.41. The predicted octanol–water partition coefficient (Wildman–Crippen LogP) is 15.3. The van der Waals surface area contributed by atoms with Gasteiger partial charge in [-0.15, -0.1) is 0 Å². The minimum atomic E-state index is -0.265. The smallest absolute Gasteiger partial charge is 0.260 e. The van der Waals surface area contributed by atoms with Crippen molar-refractivity contribution in [3.05, 3.63) is 221 Å². The van der Waals surface area contributed by atoms with Crippen LogP contribution in [0.5, 0.6) is 23.0 Å². The number of rotatable bonds is 7. The first-order valence-corrected chi connectivity index (χ1v) is 27.6. The van der Waals surface area contributed by atoms with E-state index in [4.69, 9.17) is 9.47 Å². The molecule has 0 bridgehead atoms. The normalized spacial score (nSPS) is 22.7.